The molecule has 272 valence electrons. The second kappa shape index (κ2) is 12.4. The molecule has 8 nitrogen and oxygen atoms in total. The highest BCUT2D eigenvalue weighted by molar-refractivity contribution is 8.76. The summed E-state index contributed by atoms with van der Waals surface area (Å²) in [6.45, 7) is 7.42. The summed E-state index contributed by atoms with van der Waals surface area (Å²) in [5.41, 5.74) is -2.93. The Bertz CT molecular complexity index is 1260. The van der Waals surface area contributed by atoms with E-state index in [0.717, 1.165) is 21.6 Å². The van der Waals surface area contributed by atoms with E-state index in [9.17, 15) is 31.6 Å². The van der Waals surface area contributed by atoms with Crippen LogP contribution in [0.2, 0.25) is 0 Å². The third-order valence-electron chi connectivity index (χ3n) is 12.1. The Kier molecular flexibility index (Phi) is 9.15. The summed E-state index contributed by atoms with van der Waals surface area (Å²) in [6.07, 6.45) is -8.73. The summed E-state index contributed by atoms with van der Waals surface area (Å²) in [7, 11) is 2.03. The van der Waals surface area contributed by atoms with E-state index in [1.807, 2.05) is 13.8 Å². The van der Waals surface area contributed by atoms with Gasteiger partial charge < -0.3 is 18.9 Å². The fraction of sp³-hybridized carbons (Fsp3) is 0.875. The smallest absolute Gasteiger partial charge is 0.449 e. The normalized spacial score (nSPS) is 45.9. The third kappa shape index (κ3) is 5.52. The molecular formula is C32H42F6O8S2. The summed E-state index contributed by atoms with van der Waals surface area (Å²) < 4.78 is 111. The van der Waals surface area contributed by atoms with Crippen LogP contribution in [-0.4, -0.2) is 64.8 Å². The highest BCUT2D eigenvalue weighted by Gasteiger charge is 2.70. The van der Waals surface area contributed by atoms with E-state index in [2.05, 4.69) is 0 Å². The van der Waals surface area contributed by atoms with Crippen molar-refractivity contribution in [1.29, 1.82) is 0 Å². The molecule has 0 aromatic heterocycles. The van der Waals surface area contributed by atoms with E-state index in [-0.39, 0.29) is 46.3 Å². The van der Waals surface area contributed by atoms with E-state index in [1.54, 1.807) is 13.8 Å². The molecule has 0 aromatic rings. The third-order valence-corrected chi connectivity index (χ3v) is 14.3. The molecule has 0 amide bonds. The highest BCUT2D eigenvalue weighted by atomic mass is 33.1. The van der Waals surface area contributed by atoms with Crippen molar-refractivity contribution in [3.05, 3.63) is 22.7 Å². The number of allylic oxidation sites excluding steroid dienone is 2. The molecular weight excluding hydrogens is 690 g/mol. The predicted octanol–water partition coefficient (Wildman–Crippen LogP) is 8.69. The lowest BCUT2D eigenvalue weighted by molar-refractivity contribution is -0.557. The Balaban J connectivity index is 1.18. The van der Waals surface area contributed by atoms with Crippen molar-refractivity contribution in [2.24, 2.45) is 35.5 Å². The van der Waals surface area contributed by atoms with Crippen molar-refractivity contribution in [3.63, 3.8) is 0 Å². The van der Waals surface area contributed by atoms with Gasteiger partial charge in [-0.15, -0.1) is 0 Å². The van der Waals surface area contributed by atoms with Crippen molar-refractivity contribution in [1.82, 2.24) is 0 Å². The molecule has 0 radical (unpaired) electrons. The fourth-order valence-electron chi connectivity index (χ4n) is 9.82. The van der Waals surface area contributed by atoms with Crippen LogP contribution >= 0.6 is 21.6 Å². The van der Waals surface area contributed by atoms with Gasteiger partial charge in [0.15, 0.2) is 11.2 Å². The van der Waals surface area contributed by atoms with Gasteiger partial charge in [-0.3, -0.25) is 5.26 Å². The Morgan fingerprint density at radius 2 is 1.33 bits per heavy atom. The van der Waals surface area contributed by atoms with Gasteiger partial charge in [-0.25, -0.2) is 14.7 Å². The van der Waals surface area contributed by atoms with Crippen LogP contribution in [0.5, 0.6) is 0 Å². The summed E-state index contributed by atoms with van der Waals surface area (Å²) in [5, 5.41) is 10.4. The van der Waals surface area contributed by atoms with E-state index in [0.29, 0.717) is 51.4 Å². The number of halogens is 6. The molecule has 0 aromatic carbocycles. The molecule has 12 atom stereocenters. The van der Waals surface area contributed by atoms with Gasteiger partial charge in [-0.1, -0.05) is 35.4 Å². The topological polar surface area (TPSA) is 84.8 Å². The quantitative estimate of drug-likeness (QED) is 0.0942. The molecule has 3 unspecified atom stereocenters. The largest absolute Gasteiger partial charge is 0.456 e. The molecule has 6 aliphatic heterocycles. The minimum Gasteiger partial charge on any atom is -0.456 e. The van der Waals surface area contributed by atoms with Crippen LogP contribution in [0.3, 0.4) is 0 Å². The Labute approximate surface area is 283 Å². The van der Waals surface area contributed by atoms with Crippen molar-refractivity contribution in [2.45, 2.75) is 127 Å². The van der Waals surface area contributed by atoms with Gasteiger partial charge in [0.05, 0.1) is 6.10 Å². The van der Waals surface area contributed by atoms with Crippen LogP contribution in [0.4, 0.5) is 26.3 Å². The molecule has 16 heteroatoms. The first-order valence-corrected chi connectivity index (χ1v) is 19.2. The SMILES string of the molecule is C[C@@H]1CC[C@H]2C(CSSCC3=C(C(F)(F)F)O[C@@H]4OC5(C)CCC6[C@H](C)CC[C@@H]3[C@]64OO5)=C(C(F)(F)F)O[C@@H]3O[C@@H](C)CCC1[C@]32OO. The number of fused-ring (bicyclic) bond motifs is 2. The van der Waals surface area contributed by atoms with Gasteiger partial charge in [-0.05, 0) is 81.8 Å². The predicted molar refractivity (Wildman–Crippen MR) is 161 cm³/mol. The molecule has 8 aliphatic rings. The molecule has 6 fully saturated rings. The van der Waals surface area contributed by atoms with E-state index < -0.39 is 71.4 Å². The monoisotopic (exact) mass is 732 g/mol. The number of alkyl halides is 6. The van der Waals surface area contributed by atoms with Crippen LogP contribution < -0.4 is 0 Å². The molecule has 2 aliphatic carbocycles. The number of hydrogen-bond donors (Lipinski definition) is 1. The molecule has 1 N–H and O–H groups in total. The Morgan fingerprint density at radius 3 is 1.96 bits per heavy atom. The fourth-order valence-corrected chi connectivity index (χ4v) is 12.2. The summed E-state index contributed by atoms with van der Waals surface area (Å²) in [4.78, 5) is 16.9. The molecule has 8 rings (SSSR count). The first-order chi connectivity index (χ1) is 22.5. The molecule has 1 spiro atoms. The van der Waals surface area contributed by atoms with E-state index >= 15 is 0 Å². The van der Waals surface area contributed by atoms with Gasteiger partial charge in [0, 0.05) is 41.6 Å². The summed E-state index contributed by atoms with van der Waals surface area (Å²) in [5.74, 6) is -5.91. The van der Waals surface area contributed by atoms with Crippen molar-refractivity contribution < 1.29 is 65.2 Å². The van der Waals surface area contributed by atoms with Crippen LogP contribution in [0, 0.1) is 35.5 Å². The molecule has 2 bridgehead atoms. The summed E-state index contributed by atoms with van der Waals surface area (Å²) >= 11 is 0. The van der Waals surface area contributed by atoms with Gasteiger partial charge in [0.25, 0.3) is 0 Å². The zero-order chi connectivity index (χ0) is 34.4. The molecule has 4 saturated heterocycles. The Morgan fingerprint density at radius 1 is 0.750 bits per heavy atom. The maximum atomic E-state index is 14.6. The van der Waals surface area contributed by atoms with E-state index in [4.69, 9.17) is 33.6 Å². The van der Waals surface area contributed by atoms with Crippen molar-refractivity contribution in [3.8, 4) is 0 Å². The number of rotatable bonds is 6. The minimum atomic E-state index is -4.86. The van der Waals surface area contributed by atoms with Crippen LogP contribution in [-0.2, 0) is 33.6 Å². The first-order valence-electron chi connectivity index (χ1n) is 16.8. The van der Waals surface area contributed by atoms with Crippen LogP contribution in [0.15, 0.2) is 22.7 Å². The summed E-state index contributed by atoms with van der Waals surface area (Å²) in [6, 6.07) is 0. The van der Waals surface area contributed by atoms with E-state index in [1.165, 1.54) is 0 Å². The molecule has 2 saturated carbocycles. The number of ether oxygens (including phenoxy) is 4. The second-order valence-electron chi connectivity index (χ2n) is 14.8. The standard InChI is InChI=1S/C32H42F6O8S2/c1-15-5-8-22-18(24(31(33,34)35)41-26-29(22,44-39)20(15)10-7-17(3)40-26)13-47-48-14-19-23-9-6-16(2)21-11-12-28(4)43-27(30(21,23)46-45-28)42-25(19)32(36,37)38/h15-17,20-23,26-27,39H,5-14H2,1-4H3/t15-,16-,17+,20?,21?,22+,23+,26+,27-,28?,29-,30-/m1/s1. The van der Waals surface area contributed by atoms with Crippen LogP contribution in [0.25, 0.3) is 0 Å². The van der Waals surface area contributed by atoms with Gasteiger partial charge in [-0.2, -0.15) is 26.3 Å². The average molecular weight is 733 g/mol. The van der Waals surface area contributed by atoms with Crippen molar-refractivity contribution >= 4 is 21.6 Å². The minimum absolute atomic E-state index is 0.0105. The van der Waals surface area contributed by atoms with Gasteiger partial charge in [0.2, 0.25) is 29.9 Å². The average Bonchev–Trinajstić information content (AvgIpc) is 3.33. The zero-order valence-corrected chi connectivity index (χ0v) is 28.8. The lowest BCUT2D eigenvalue weighted by atomic mass is 9.59. The molecule has 6 heterocycles. The first kappa shape index (κ1) is 35.5. The number of hydrogen-bond acceptors (Lipinski definition) is 10. The maximum absolute atomic E-state index is 14.6. The second-order valence-corrected chi connectivity index (χ2v) is 17.3. The van der Waals surface area contributed by atoms with Gasteiger partial charge in [0.1, 0.15) is 0 Å². The van der Waals surface area contributed by atoms with Crippen molar-refractivity contribution in [2.75, 3.05) is 11.5 Å². The zero-order valence-electron chi connectivity index (χ0n) is 27.2. The molecule has 48 heavy (non-hydrogen) atoms. The Hall–Kier alpha value is -0.880. The maximum Gasteiger partial charge on any atom is 0.449 e. The lowest BCUT2D eigenvalue weighted by Gasteiger charge is -2.57. The van der Waals surface area contributed by atoms with Gasteiger partial charge >= 0.3 is 12.4 Å². The van der Waals surface area contributed by atoms with Crippen LogP contribution in [0.1, 0.15) is 79.1 Å². The highest BCUT2D eigenvalue weighted by Crippen LogP contribution is 2.63. The lowest BCUT2D eigenvalue weighted by Crippen LogP contribution is -2.67.